The first-order chi connectivity index (χ1) is 10.0. The van der Waals surface area contributed by atoms with Gasteiger partial charge in [0.05, 0.1) is 12.6 Å². The first-order valence-corrected chi connectivity index (χ1v) is 7.85. The Bertz CT molecular complexity index is 456. The quantitative estimate of drug-likeness (QED) is 0.877. The van der Waals surface area contributed by atoms with E-state index in [9.17, 15) is 9.90 Å². The second-order valence-electron chi connectivity index (χ2n) is 5.83. The molecule has 1 aliphatic heterocycles. The average Bonchev–Trinajstić information content (AvgIpc) is 2.48. The zero-order valence-electron chi connectivity index (χ0n) is 12.4. The van der Waals surface area contributed by atoms with E-state index < -0.39 is 6.10 Å². The summed E-state index contributed by atoms with van der Waals surface area (Å²) >= 11 is 5.81. The van der Waals surface area contributed by atoms with Gasteiger partial charge in [0.2, 0.25) is 5.91 Å². The molecule has 0 saturated carbocycles. The molecule has 2 rings (SSSR count). The van der Waals surface area contributed by atoms with Gasteiger partial charge in [-0.05, 0) is 49.5 Å². The van der Waals surface area contributed by atoms with Crippen LogP contribution in [0.25, 0.3) is 0 Å². The first kappa shape index (κ1) is 16.3. The molecular weight excluding hydrogens is 288 g/mol. The molecule has 1 aromatic rings. The zero-order valence-corrected chi connectivity index (χ0v) is 13.1. The van der Waals surface area contributed by atoms with E-state index in [4.69, 9.17) is 11.6 Å². The lowest BCUT2D eigenvalue weighted by atomic mass is 9.99. The summed E-state index contributed by atoms with van der Waals surface area (Å²) in [5.74, 6) is 0.730. The van der Waals surface area contributed by atoms with Gasteiger partial charge in [-0.25, -0.2) is 0 Å². The van der Waals surface area contributed by atoms with Crippen LogP contribution in [-0.4, -0.2) is 42.1 Å². The number of nitrogens with one attached hydrogen (secondary N) is 1. The topological polar surface area (TPSA) is 52.6 Å². The van der Waals surface area contributed by atoms with Crippen molar-refractivity contribution in [2.75, 3.05) is 26.2 Å². The summed E-state index contributed by atoms with van der Waals surface area (Å²) in [7, 11) is 0. The fraction of sp³-hybridized carbons (Fsp3) is 0.562. The van der Waals surface area contributed by atoms with Crippen molar-refractivity contribution < 1.29 is 9.90 Å². The highest BCUT2D eigenvalue weighted by Gasteiger charge is 2.18. The van der Waals surface area contributed by atoms with Gasteiger partial charge in [-0.3, -0.25) is 9.69 Å². The van der Waals surface area contributed by atoms with E-state index in [0.717, 1.165) is 37.4 Å². The Morgan fingerprint density at radius 2 is 2.00 bits per heavy atom. The summed E-state index contributed by atoms with van der Waals surface area (Å²) < 4.78 is 0. The highest BCUT2D eigenvalue weighted by atomic mass is 35.5. The van der Waals surface area contributed by atoms with E-state index in [1.54, 1.807) is 24.3 Å². The summed E-state index contributed by atoms with van der Waals surface area (Å²) in [6.07, 6.45) is 1.61. The van der Waals surface area contributed by atoms with Crippen molar-refractivity contribution in [1.82, 2.24) is 10.2 Å². The van der Waals surface area contributed by atoms with Crippen LogP contribution < -0.4 is 5.32 Å². The largest absolute Gasteiger partial charge is 0.387 e. The van der Waals surface area contributed by atoms with Gasteiger partial charge in [0.25, 0.3) is 0 Å². The maximum Gasteiger partial charge on any atom is 0.234 e. The van der Waals surface area contributed by atoms with Crippen molar-refractivity contribution in [2.24, 2.45) is 5.92 Å². The molecule has 0 spiro atoms. The van der Waals surface area contributed by atoms with Crippen LogP contribution in [0.15, 0.2) is 24.3 Å². The molecule has 4 nitrogen and oxygen atoms in total. The smallest absolute Gasteiger partial charge is 0.234 e. The van der Waals surface area contributed by atoms with Gasteiger partial charge < -0.3 is 10.4 Å². The number of carbonyl (C=O) groups excluding carboxylic acids is 1. The summed E-state index contributed by atoms with van der Waals surface area (Å²) in [6.45, 7) is 4.85. The van der Waals surface area contributed by atoms with Gasteiger partial charge in [0.15, 0.2) is 0 Å². The van der Waals surface area contributed by atoms with Crippen molar-refractivity contribution >= 4 is 17.5 Å². The lowest BCUT2D eigenvalue weighted by molar-refractivity contribution is -0.123. The molecule has 1 fully saturated rings. The van der Waals surface area contributed by atoms with E-state index in [2.05, 4.69) is 17.1 Å². The number of benzene rings is 1. The SMILES string of the molecule is CC1CCN(CC(=O)NCC(O)c2ccc(Cl)cc2)CC1. The van der Waals surface area contributed by atoms with Crippen LogP contribution in [0.1, 0.15) is 31.4 Å². The van der Waals surface area contributed by atoms with Gasteiger partial charge >= 0.3 is 0 Å². The van der Waals surface area contributed by atoms with Crippen LogP contribution in [0.4, 0.5) is 0 Å². The fourth-order valence-electron chi connectivity index (χ4n) is 2.49. The number of hydrogen-bond acceptors (Lipinski definition) is 3. The van der Waals surface area contributed by atoms with Crippen molar-refractivity contribution in [2.45, 2.75) is 25.9 Å². The zero-order chi connectivity index (χ0) is 15.2. The number of halogens is 1. The molecular formula is C16H23ClN2O2. The Balaban J connectivity index is 1.72. The molecule has 0 radical (unpaired) electrons. The second kappa shape index (κ2) is 7.78. The highest BCUT2D eigenvalue weighted by Crippen LogP contribution is 2.16. The van der Waals surface area contributed by atoms with Gasteiger partial charge in [0.1, 0.15) is 0 Å². The second-order valence-corrected chi connectivity index (χ2v) is 6.27. The minimum Gasteiger partial charge on any atom is -0.387 e. The minimum absolute atomic E-state index is 0.0300. The van der Waals surface area contributed by atoms with Gasteiger partial charge in [-0.1, -0.05) is 30.7 Å². The summed E-state index contributed by atoms with van der Waals surface area (Å²) in [6, 6.07) is 7.00. The number of carbonyl (C=O) groups is 1. The van der Waals surface area contributed by atoms with Crippen LogP contribution in [-0.2, 0) is 4.79 Å². The molecule has 2 N–H and O–H groups in total. The number of likely N-dealkylation sites (tertiary alicyclic amines) is 1. The van der Waals surface area contributed by atoms with Gasteiger partial charge in [0, 0.05) is 11.6 Å². The lowest BCUT2D eigenvalue weighted by Crippen LogP contribution is -2.42. The molecule has 1 aromatic carbocycles. The van der Waals surface area contributed by atoms with E-state index in [1.807, 2.05) is 0 Å². The van der Waals surface area contributed by atoms with Crippen molar-refractivity contribution in [3.63, 3.8) is 0 Å². The Morgan fingerprint density at radius 3 is 2.62 bits per heavy atom. The number of rotatable bonds is 5. The molecule has 1 heterocycles. The third-order valence-electron chi connectivity index (χ3n) is 3.99. The van der Waals surface area contributed by atoms with Crippen LogP contribution in [0.3, 0.4) is 0 Å². The molecule has 1 saturated heterocycles. The predicted molar refractivity (Wildman–Crippen MR) is 84.3 cm³/mol. The van der Waals surface area contributed by atoms with E-state index in [-0.39, 0.29) is 12.5 Å². The maximum atomic E-state index is 11.9. The third kappa shape index (κ3) is 5.30. The van der Waals surface area contributed by atoms with Crippen LogP contribution in [0, 0.1) is 5.92 Å². The molecule has 1 aliphatic rings. The highest BCUT2D eigenvalue weighted by molar-refractivity contribution is 6.30. The Morgan fingerprint density at radius 1 is 1.38 bits per heavy atom. The Kier molecular flexibility index (Phi) is 6.03. The maximum absolute atomic E-state index is 11.9. The van der Waals surface area contributed by atoms with E-state index in [1.165, 1.54) is 0 Å². The summed E-state index contributed by atoms with van der Waals surface area (Å²) in [5, 5.41) is 13.5. The van der Waals surface area contributed by atoms with Crippen molar-refractivity contribution in [3.05, 3.63) is 34.9 Å². The number of aliphatic hydroxyl groups excluding tert-OH is 1. The molecule has 0 bridgehead atoms. The van der Waals surface area contributed by atoms with Crippen molar-refractivity contribution in [3.8, 4) is 0 Å². The number of amides is 1. The first-order valence-electron chi connectivity index (χ1n) is 7.47. The summed E-state index contributed by atoms with van der Waals surface area (Å²) in [5.41, 5.74) is 0.756. The third-order valence-corrected chi connectivity index (χ3v) is 4.24. The Labute approximate surface area is 131 Å². The standard InChI is InChI=1S/C16H23ClN2O2/c1-12-6-8-19(9-7-12)11-16(21)18-10-15(20)13-2-4-14(17)5-3-13/h2-5,12,15,20H,6-11H2,1H3,(H,18,21). The predicted octanol–water partition coefficient (Wildman–Crippen LogP) is 2.22. The number of aliphatic hydroxyl groups is 1. The minimum atomic E-state index is -0.701. The monoisotopic (exact) mass is 310 g/mol. The van der Waals surface area contributed by atoms with Gasteiger partial charge in [-0.15, -0.1) is 0 Å². The molecule has 1 amide bonds. The summed E-state index contributed by atoms with van der Waals surface area (Å²) in [4.78, 5) is 14.1. The molecule has 0 aliphatic carbocycles. The van der Waals surface area contributed by atoms with Gasteiger partial charge in [-0.2, -0.15) is 0 Å². The average molecular weight is 311 g/mol. The normalized spacial score (nSPS) is 18.4. The van der Waals surface area contributed by atoms with E-state index in [0.29, 0.717) is 11.6 Å². The molecule has 116 valence electrons. The number of piperidine rings is 1. The van der Waals surface area contributed by atoms with Crippen LogP contribution in [0.2, 0.25) is 5.02 Å². The van der Waals surface area contributed by atoms with E-state index >= 15 is 0 Å². The Hall–Kier alpha value is -1.10. The molecule has 0 aromatic heterocycles. The molecule has 21 heavy (non-hydrogen) atoms. The number of nitrogens with zero attached hydrogens (tertiary/aromatic N) is 1. The fourth-order valence-corrected chi connectivity index (χ4v) is 2.62. The molecule has 1 unspecified atom stereocenters. The molecule has 1 atom stereocenters. The van der Waals surface area contributed by atoms with Crippen LogP contribution in [0.5, 0.6) is 0 Å². The van der Waals surface area contributed by atoms with Crippen LogP contribution >= 0.6 is 11.6 Å². The number of hydrogen-bond donors (Lipinski definition) is 2. The molecule has 5 heteroatoms. The lowest BCUT2D eigenvalue weighted by Gasteiger charge is -2.29. The van der Waals surface area contributed by atoms with Crippen molar-refractivity contribution in [1.29, 1.82) is 0 Å².